The molecule has 0 radical (unpaired) electrons. The van der Waals surface area contributed by atoms with Gasteiger partial charge in [0.15, 0.2) is 0 Å². The number of carbonyl (C=O) groups is 1. The fourth-order valence-corrected chi connectivity index (χ4v) is 1.17. The summed E-state index contributed by atoms with van der Waals surface area (Å²) in [6.45, 7) is 4.07. The molecule has 1 unspecified atom stereocenters. The van der Waals surface area contributed by atoms with Crippen molar-refractivity contribution in [3.63, 3.8) is 0 Å². The van der Waals surface area contributed by atoms with Crippen LogP contribution in [0.1, 0.15) is 30.8 Å². The van der Waals surface area contributed by atoms with Gasteiger partial charge in [-0.25, -0.2) is 9.78 Å². The van der Waals surface area contributed by atoms with E-state index in [1.54, 1.807) is 19.1 Å². The van der Waals surface area contributed by atoms with Gasteiger partial charge in [0.25, 0.3) is 0 Å². The van der Waals surface area contributed by atoms with Crippen LogP contribution in [-0.2, 0) is 4.74 Å². The number of hydrogen-bond acceptors (Lipinski definition) is 5. The summed E-state index contributed by atoms with van der Waals surface area (Å²) in [5.41, 5.74) is 0.206. The molecule has 0 saturated carbocycles. The van der Waals surface area contributed by atoms with Crippen LogP contribution in [0.5, 0.6) is 0 Å². The van der Waals surface area contributed by atoms with Gasteiger partial charge < -0.3 is 15.2 Å². The zero-order chi connectivity index (χ0) is 12.9. The van der Waals surface area contributed by atoms with Crippen molar-refractivity contribution in [1.82, 2.24) is 4.98 Å². The molecule has 0 aliphatic rings. The van der Waals surface area contributed by atoms with Gasteiger partial charge in [0, 0.05) is 18.4 Å². The number of nitrogens with zero attached hydrogens (tertiary/aromatic N) is 1. The van der Waals surface area contributed by atoms with Gasteiger partial charge in [-0.2, -0.15) is 0 Å². The highest BCUT2D eigenvalue weighted by molar-refractivity contribution is 5.88. The van der Waals surface area contributed by atoms with E-state index in [0.29, 0.717) is 13.0 Å². The monoisotopic (exact) mass is 238 g/mol. The van der Waals surface area contributed by atoms with E-state index in [9.17, 15) is 9.90 Å². The first-order chi connectivity index (χ1) is 7.98. The summed E-state index contributed by atoms with van der Waals surface area (Å²) in [6.07, 6.45) is 2.17. The Morgan fingerprint density at radius 2 is 2.35 bits per heavy atom. The Hall–Kier alpha value is -1.62. The van der Waals surface area contributed by atoms with Gasteiger partial charge in [-0.15, -0.1) is 0 Å². The Balaban J connectivity index is 2.70. The van der Waals surface area contributed by atoms with Crippen LogP contribution < -0.4 is 5.32 Å². The average molecular weight is 238 g/mol. The summed E-state index contributed by atoms with van der Waals surface area (Å²) in [5.74, 6) is -0.476. The van der Waals surface area contributed by atoms with Crippen LogP contribution in [0, 0.1) is 0 Å². The minimum atomic E-state index is -0.769. The third-order valence-corrected chi connectivity index (χ3v) is 2.59. The van der Waals surface area contributed by atoms with Gasteiger partial charge in [-0.3, -0.25) is 0 Å². The summed E-state index contributed by atoms with van der Waals surface area (Å²) in [6, 6.07) is 3.33. The maximum atomic E-state index is 11.3. The van der Waals surface area contributed by atoms with Crippen LogP contribution in [0.4, 0.5) is 5.69 Å². The van der Waals surface area contributed by atoms with Gasteiger partial charge in [-0.1, -0.05) is 6.92 Å². The van der Waals surface area contributed by atoms with E-state index in [1.807, 2.05) is 6.92 Å². The lowest BCUT2D eigenvalue weighted by atomic mass is 10.0. The third-order valence-electron chi connectivity index (χ3n) is 2.59. The summed E-state index contributed by atoms with van der Waals surface area (Å²) in [5, 5.41) is 12.9. The van der Waals surface area contributed by atoms with Crippen molar-refractivity contribution in [2.24, 2.45) is 0 Å². The van der Waals surface area contributed by atoms with Crippen LogP contribution in [0.2, 0.25) is 0 Å². The standard InChI is InChI=1S/C12H18N2O3/c1-4-12(2,16)8-14-9-5-6-13-10(7-9)11(15)17-3/h5-7,16H,4,8H2,1-3H3,(H,13,14). The van der Waals surface area contributed by atoms with E-state index in [-0.39, 0.29) is 5.69 Å². The number of methoxy groups -OCH3 is 1. The first-order valence-corrected chi connectivity index (χ1v) is 5.49. The Kier molecular flexibility index (Phi) is 4.45. The number of esters is 1. The molecule has 0 aromatic carbocycles. The highest BCUT2D eigenvalue weighted by Crippen LogP contribution is 2.13. The van der Waals surface area contributed by atoms with E-state index in [1.165, 1.54) is 13.3 Å². The number of pyridine rings is 1. The molecule has 1 atom stereocenters. The molecule has 1 aromatic heterocycles. The van der Waals surface area contributed by atoms with Crippen molar-refractivity contribution in [3.05, 3.63) is 24.0 Å². The topological polar surface area (TPSA) is 71.5 Å². The lowest BCUT2D eigenvalue weighted by Crippen LogP contribution is -2.32. The quantitative estimate of drug-likeness (QED) is 0.759. The highest BCUT2D eigenvalue weighted by Gasteiger charge is 2.17. The van der Waals surface area contributed by atoms with Gasteiger partial charge in [0.05, 0.1) is 12.7 Å². The number of nitrogens with one attached hydrogen (secondary N) is 1. The fraction of sp³-hybridized carbons (Fsp3) is 0.500. The first-order valence-electron chi connectivity index (χ1n) is 5.49. The Morgan fingerprint density at radius 1 is 1.65 bits per heavy atom. The largest absolute Gasteiger partial charge is 0.464 e. The molecule has 0 saturated heterocycles. The number of ether oxygens (including phenoxy) is 1. The SMILES string of the molecule is CCC(C)(O)CNc1ccnc(C(=O)OC)c1. The number of aromatic nitrogens is 1. The van der Waals surface area contributed by atoms with Gasteiger partial charge in [0.1, 0.15) is 5.69 Å². The molecule has 1 heterocycles. The van der Waals surface area contributed by atoms with E-state index >= 15 is 0 Å². The molecule has 1 rings (SSSR count). The number of aliphatic hydroxyl groups is 1. The zero-order valence-corrected chi connectivity index (χ0v) is 10.4. The number of carbonyl (C=O) groups excluding carboxylic acids is 1. The second kappa shape index (κ2) is 5.63. The minimum absolute atomic E-state index is 0.244. The summed E-state index contributed by atoms with van der Waals surface area (Å²) in [7, 11) is 1.31. The molecule has 17 heavy (non-hydrogen) atoms. The molecule has 0 aliphatic carbocycles. The molecule has 94 valence electrons. The van der Waals surface area contributed by atoms with Crippen LogP contribution >= 0.6 is 0 Å². The maximum Gasteiger partial charge on any atom is 0.356 e. The molecular weight excluding hydrogens is 220 g/mol. The average Bonchev–Trinajstić information content (AvgIpc) is 2.36. The van der Waals surface area contributed by atoms with Crippen LogP contribution in [0.3, 0.4) is 0 Å². The minimum Gasteiger partial charge on any atom is -0.464 e. The van der Waals surface area contributed by atoms with Crippen molar-refractivity contribution in [2.75, 3.05) is 19.0 Å². The van der Waals surface area contributed by atoms with Crippen molar-refractivity contribution in [3.8, 4) is 0 Å². The zero-order valence-electron chi connectivity index (χ0n) is 10.4. The molecule has 0 aliphatic heterocycles. The lowest BCUT2D eigenvalue weighted by molar-refractivity contribution is 0.0594. The molecule has 0 bridgehead atoms. The Labute approximate surface area is 101 Å². The van der Waals surface area contributed by atoms with Gasteiger partial charge in [-0.05, 0) is 25.5 Å². The molecule has 0 fully saturated rings. The smallest absolute Gasteiger partial charge is 0.356 e. The molecule has 5 heteroatoms. The van der Waals surface area contributed by atoms with Gasteiger partial charge in [0.2, 0.25) is 0 Å². The summed E-state index contributed by atoms with van der Waals surface area (Å²) >= 11 is 0. The maximum absolute atomic E-state index is 11.3. The van der Waals surface area contributed by atoms with E-state index in [4.69, 9.17) is 0 Å². The number of anilines is 1. The highest BCUT2D eigenvalue weighted by atomic mass is 16.5. The second-order valence-electron chi connectivity index (χ2n) is 4.13. The van der Waals surface area contributed by atoms with Crippen molar-refractivity contribution >= 4 is 11.7 Å². The van der Waals surface area contributed by atoms with E-state index in [0.717, 1.165) is 5.69 Å². The molecule has 0 spiro atoms. The van der Waals surface area contributed by atoms with Crippen molar-refractivity contribution < 1.29 is 14.6 Å². The normalized spacial score (nSPS) is 13.9. The number of rotatable bonds is 5. The van der Waals surface area contributed by atoms with Crippen LogP contribution in [0.15, 0.2) is 18.3 Å². The molecule has 5 nitrogen and oxygen atoms in total. The summed E-state index contributed by atoms with van der Waals surface area (Å²) in [4.78, 5) is 15.2. The Morgan fingerprint density at radius 3 is 2.94 bits per heavy atom. The molecule has 1 aromatic rings. The van der Waals surface area contributed by atoms with Crippen molar-refractivity contribution in [2.45, 2.75) is 25.9 Å². The van der Waals surface area contributed by atoms with Crippen molar-refractivity contribution in [1.29, 1.82) is 0 Å². The van der Waals surface area contributed by atoms with Crippen LogP contribution in [-0.4, -0.2) is 35.3 Å². The molecule has 0 amide bonds. The predicted molar refractivity (Wildman–Crippen MR) is 65.0 cm³/mol. The molecule has 2 N–H and O–H groups in total. The Bertz CT molecular complexity index is 391. The predicted octanol–water partition coefficient (Wildman–Crippen LogP) is 1.44. The third kappa shape index (κ3) is 4.03. The van der Waals surface area contributed by atoms with E-state index < -0.39 is 11.6 Å². The summed E-state index contributed by atoms with van der Waals surface area (Å²) < 4.78 is 4.58. The first kappa shape index (κ1) is 13.4. The fourth-order valence-electron chi connectivity index (χ4n) is 1.17. The second-order valence-corrected chi connectivity index (χ2v) is 4.13. The molecular formula is C12H18N2O3. The number of hydrogen-bond donors (Lipinski definition) is 2. The van der Waals surface area contributed by atoms with E-state index in [2.05, 4.69) is 15.0 Å². The lowest BCUT2D eigenvalue weighted by Gasteiger charge is -2.22. The van der Waals surface area contributed by atoms with Crippen LogP contribution in [0.25, 0.3) is 0 Å². The van der Waals surface area contributed by atoms with Gasteiger partial charge >= 0.3 is 5.97 Å².